The van der Waals surface area contributed by atoms with Gasteiger partial charge in [-0.15, -0.1) is 0 Å². The van der Waals surface area contributed by atoms with Crippen LogP contribution in [0.15, 0.2) is 24.3 Å². The maximum absolute atomic E-state index is 2.43. The molecule has 0 aromatic rings. The minimum absolute atomic E-state index is 1.18. The van der Waals surface area contributed by atoms with E-state index in [-0.39, 0.29) is 0 Å². The second-order valence-corrected chi connectivity index (χ2v) is 7.67. The van der Waals surface area contributed by atoms with Gasteiger partial charge in [-0.25, -0.2) is 0 Å². The van der Waals surface area contributed by atoms with Gasteiger partial charge in [0.1, 0.15) is 0 Å². The molecule has 0 aromatic carbocycles. The first-order valence-corrected chi connectivity index (χ1v) is 11.7. The van der Waals surface area contributed by atoms with Crippen molar-refractivity contribution in [2.45, 2.75) is 136 Å². The van der Waals surface area contributed by atoms with Crippen LogP contribution in [-0.4, -0.2) is 0 Å². The molecule has 0 spiro atoms. The lowest BCUT2D eigenvalue weighted by Gasteiger charge is -2.01. The van der Waals surface area contributed by atoms with Gasteiger partial charge in [0.25, 0.3) is 0 Å². The third-order valence-corrected chi connectivity index (χ3v) is 5.03. The van der Waals surface area contributed by atoms with Gasteiger partial charge >= 0.3 is 0 Å². The van der Waals surface area contributed by atoms with E-state index in [0.29, 0.717) is 0 Å². The van der Waals surface area contributed by atoms with Crippen LogP contribution in [0.2, 0.25) is 0 Å². The summed E-state index contributed by atoms with van der Waals surface area (Å²) in [5.41, 5.74) is 0. The molecule has 148 valence electrons. The lowest BCUT2D eigenvalue weighted by atomic mass is 10.1. The summed E-state index contributed by atoms with van der Waals surface area (Å²) in [4.78, 5) is 0. The van der Waals surface area contributed by atoms with Crippen molar-refractivity contribution in [3.05, 3.63) is 24.3 Å². The Hall–Kier alpha value is -0.520. The van der Waals surface area contributed by atoms with Crippen molar-refractivity contribution >= 4 is 0 Å². The van der Waals surface area contributed by atoms with Crippen molar-refractivity contribution < 1.29 is 0 Å². The van der Waals surface area contributed by atoms with E-state index in [1.165, 1.54) is 122 Å². The monoisotopic (exact) mass is 348 g/mol. The maximum Gasteiger partial charge on any atom is -0.0351 e. The largest absolute Gasteiger partial charge is 0.0888 e. The average molecular weight is 349 g/mol. The molecule has 0 aliphatic rings. The number of hydrogen-bond acceptors (Lipinski definition) is 0. The number of hydrogen-bond donors (Lipinski definition) is 0. The summed E-state index contributed by atoms with van der Waals surface area (Å²) in [5.74, 6) is 0. The Kier molecular flexibility index (Phi) is 23.0. The van der Waals surface area contributed by atoms with Crippen LogP contribution in [-0.2, 0) is 0 Å². The van der Waals surface area contributed by atoms with Gasteiger partial charge < -0.3 is 0 Å². The molecule has 0 nitrogen and oxygen atoms in total. The highest BCUT2D eigenvalue weighted by atomic mass is 14.0. The second-order valence-electron chi connectivity index (χ2n) is 7.67. The molecule has 0 aliphatic carbocycles. The molecule has 0 radical (unpaired) electrons. The molecule has 0 saturated heterocycles. The first-order chi connectivity index (χ1) is 12.4. The molecule has 0 heterocycles. The molecule has 0 N–H and O–H groups in total. The zero-order chi connectivity index (χ0) is 18.3. The van der Waals surface area contributed by atoms with E-state index in [4.69, 9.17) is 0 Å². The van der Waals surface area contributed by atoms with Gasteiger partial charge in [0, 0.05) is 0 Å². The molecule has 0 amide bonds. The third-order valence-electron chi connectivity index (χ3n) is 5.03. The lowest BCUT2D eigenvalue weighted by molar-refractivity contribution is 0.550. The van der Waals surface area contributed by atoms with Crippen LogP contribution < -0.4 is 0 Å². The van der Waals surface area contributed by atoms with Gasteiger partial charge in [-0.3, -0.25) is 0 Å². The fourth-order valence-electron chi connectivity index (χ4n) is 3.32. The van der Waals surface area contributed by atoms with Crippen molar-refractivity contribution in [2.24, 2.45) is 0 Å². The molecule has 0 unspecified atom stereocenters. The molecule has 0 aromatic heterocycles. The predicted molar refractivity (Wildman–Crippen MR) is 117 cm³/mol. The molecule has 0 atom stereocenters. The number of rotatable bonds is 20. The van der Waals surface area contributed by atoms with Crippen molar-refractivity contribution in [1.82, 2.24) is 0 Å². The summed E-state index contributed by atoms with van der Waals surface area (Å²) >= 11 is 0. The van der Waals surface area contributed by atoms with Crippen LogP contribution in [0, 0.1) is 0 Å². The summed E-state index contributed by atoms with van der Waals surface area (Å²) in [5, 5.41) is 0. The SMILES string of the molecule is CC/C=C/CCCCCC/C=C/CCCCCCCCCCCCC. The Morgan fingerprint density at radius 1 is 0.360 bits per heavy atom. The van der Waals surface area contributed by atoms with Crippen LogP contribution in [0.25, 0.3) is 0 Å². The van der Waals surface area contributed by atoms with Crippen molar-refractivity contribution in [1.29, 1.82) is 0 Å². The molecule has 25 heavy (non-hydrogen) atoms. The fraction of sp³-hybridized carbons (Fsp3) is 0.840. The van der Waals surface area contributed by atoms with Gasteiger partial charge in [0.2, 0.25) is 0 Å². The summed E-state index contributed by atoms with van der Waals surface area (Å²) < 4.78 is 0. The topological polar surface area (TPSA) is 0 Å². The van der Waals surface area contributed by atoms with E-state index in [9.17, 15) is 0 Å². The highest BCUT2D eigenvalue weighted by molar-refractivity contribution is 4.82. The van der Waals surface area contributed by atoms with Crippen LogP contribution >= 0.6 is 0 Å². The van der Waals surface area contributed by atoms with Gasteiger partial charge in [-0.2, -0.15) is 0 Å². The highest BCUT2D eigenvalue weighted by Gasteiger charge is 1.92. The smallest absolute Gasteiger partial charge is 0.0351 e. The fourth-order valence-corrected chi connectivity index (χ4v) is 3.32. The van der Waals surface area contributed by atoms with E-state index in [0.717, 1.165) is 0 Å². The van der Waals surface area contributed by atoms with E-state index in [2.05, 4.69) is 38.2 Å². The summed E-state index contributed by atoms with van der Waals surface area (Å²) in [6.07, 6.45) is 36.0. The van der Waals surface area contributed by atoms with Gasteiger partial charge in [-0.05, 0) is 44.9 Å². The normalized spacial score (nSPS) is 11.9. The quantitative estimate of drug-likeness (QED) is 0.152. The Morgan fingerprint density at radius 3 is 1.04 bits per heavy atom. The zero-order valence-electron chi connectivity index (χ0n) is 17.7. The van der Waals surface area contributed by atoms with E-state index < -0.39 is 0 Å². The average Bonchev–Trinajstić information content (AvgIpc) is 2.63. The molecule has 0 bridgehead atoms. The van der Waals surface area contributed by atoms with Crippen molar-refractivity contribution in [3.8, 4) is 0 Å². The Bertz CT molecular complexity index is 274. The minimum Gasteiger partial charge on any atom is -0.0888 e. The van der Waals surface area contributed by atoms with Crippen LogP contribution in [0.3, 0.4) is 0 Å². The molecule has 0 rings (SSSR count). The van der Waals surface area contributed by atoms with Crippen LogP contribution in [0.4, 0.5) is 0 Å². The Balaban J connectivity index is 3.07. The van der Waals surface area contributed by atoms with Crippen molar-refractivity contribution in [3.63, 3.8) is 0 Å². The van der Waals surface area contributed by atoms with Gasteiger partial charge in [-0.1, -0.05) is 115 Å². The first-order valence-electron chi connectivity index (χ1n) is 11.7. The standard InChI is InChI=1S/C25H48/c1-3-5-7-9-11-13-15-17-19-21-23-25-24-22-20-18-16-14-12-10-8-6-4-2/h5,7,21,23H,3-4,6,8-20,22,24-25H2,1-2H3/b7-5+,23-21+. The molecular weight excluding hydrogens is 300 g/mol. The third kappa shape index (κ3) is 23.5. The summed E-state index contributed by atoms with van der Waals surface area (Å²) in [6, 6.07) is 0. The zero-order valence-corrected chi connectivity index (χ0v) is 17.7. The second kappa shape index (κ2) is 23.5. The van der Waals surface area contributed by atoms with Crippen molar-refractivity contribution in [2.75, 3.05) is 0 Å². The lowest BCUT2D eigenvalue weighted by Crippen LogP contribution is -1.82. The molecule has 0 heteroatoms. The van der Waals surface area contributed by atoms with E-state index >= 15 is 0 Å². The maximum atomic E-state index is 2.43. The minimum atomic E-state index is 1.18. The molecule has 0 aliphatic heterocycles. The van der Waals surface area contributed by atoms with Crippen LogP contribution in [0.5, 0.6) is 0 Å². The summed E-state index contributed by atoms with van der Waals surface area (Å²) in [6.45, 7) is 4.50. The van der Waals surface area contributed by atoms with Crippen LogP contribution in [0.1, 0.15) is 136 Å². The Labute approximate surface area is 160 Å². The van der Waals surface area contributed by atoms with Gasteiger partial charge in [0.05, 0.1) is 0 Å². The van der Waals surface area contributed by atoms with E-state index in [1.807, 2.05) is 0 Å². The predicted octanol–water partition coefficient (Wildman–Crippen LogP) is 9.55. The highest BCUT2D eigenvalue weighted by Crippen LogP contribution is 2.12. The number of unbranched alkanes of at least 4 members (excludes halogenated alkanes) is 16. The first kappa shape index (κ1) is 24.5. The Morgan fingerprint density at radius 2 is 0.680 bits per heavy atom. The van der Waals surface area contributed by atoms with Gasteiger partial charge in [0.15, 0.2) is 0 Å². The molecule has 0 saturated carbocycles. The number of allylic oxidation sites excluding steroid dienone is 4. The molecule has 0 fully saturated rings. The van der Waals surface area contributed by atoms with E-state index in [1.54, 1.807) is 0 Å². The summed E-state index contributed by atoms with van der Waals surface area (Å²) in [7, 11) is 0. The molecular formula is C25H48.